The van der Waals surface area contributed by atoms with E-state index in [0.29, 0.717) is 15.8 Å². The highest BCUT2D eigenvalue weighted by molar-refractivity contribution is 7.71. The number of aromatic nitrogens is 1. The Kier molecular flexibility index (Phi) is 3.65. The van der Waals surface area contributed by atoms with Gasteiger partial charge in [0.2, 0.25) is 0 Å². The van der Waals surface area contributed by atoms with Gasteiger partial charge < -0.3 is 4.98 Å². The molecule has 5 heteroatoms. The largest absolute Gasteiger partial charge is 0.344 e. The second-order valence-corrected chi connectivity index (χ2v) is 5.75. The summed E-state index contributed by atoms with van der Waals surface area (Å²) in [5.74, 6) is -0.308. The molecule has 0 radical (unpaired) electrons. The van der Waals surface area contributed by atoms with Gasteiger partial charge in [-0.3, -0.25) is 0 Å². The lowest BCUT2D eigenvalue weighted by Crippen LogP contribution is -1.92. The van der Waals surface area contributed by atoms with E-state index in [0.717, 1.165) is 16.1 Å². The summed E-state index contributed by atoms with van der Waals surface area (Å²) in [6, 6.07) is 14.0. The summed E-state index contributed by atoms with van der Waals surface area (Å²) >= 11 is 6.86. The Morgan fingerprint density at radius 2 is 1.95 bits per heavy atom. The van der Waals surface area contributed by atoms with Gasteiger partial charge in [0, 0.05) is 5.56 Å². The molecule has 2 aromatic heterocycles. The van der Waals surface area contributed by atoms with Crippen LogP contribution in [0.4, 0.5) is 4.39 Å². The number of aromatic amines is 1. The number of H-pyrrole nitrogens is 1. The highest BCUT2D eigenvalue weighted by atomic mass is 32.1. The molecule has 1 aromatic carbocycles. The fourth-order valence-corrected chi connectivity index (χ4v) is 3.06. The van der Waals surface area contributed by atoms with E-state index in [4.69, 9.17) is 12.2 Å². The maximum atomic E-state index is 13.1. The number of halogens is 1. The Balaban J connectivity index is 2.25. The smallest absolute Gasteiger partial charge is 0.123 e. The van der Waals surface area contributed by atoms with Gasteiger partial charge in [-0.2, -0.15) is 5.26 Å². The van der Waals surface area contributed by atoms with Crippen LogP contribution in [0.2, 0.25) is 0 Å². The van der Waals surface area contributed by atoms with Crippen molar-refractivity contribution in [2.75, 3.05) is 0 Å². The van der Waals surface area contributed by atoms with Crippen molar-refractivity contribution >= 4 is 23.6 Å². The summed E-state index contributed by atoms with van der Waals surface area (Å²) in [4.78, 5) is 4.12. The van der Waals surface area contributed by atoms with Crippen LogP contribution in [0.5, 0.6) is 0 Å². The van der Waals surface area contributed by atoms with Crippen LogP contribution in [0.3, 0.4) is 0 Å². The lowest BCUT2D eigenvalue weighted by Gasteiger charge is -2.08. The van der Waals surface area contributed by atoms with E-state index in [-0.39, 0.29) is 5.82 Å². The van der Waals surface area contributed by atoms with Crippen molar-refractivity contribution in [3.05, 3.63) is 63.9 Å². The van der Waals surface area contributed by atoms with Gasteiger partial charge in [0.15, 0.2) is 0 Å². The standard InChI is InChI=1S/C16H9FN2S2/c17-11-5-3-10(4-6-11)12-8-14(15-2-1-7-21-15)19-16(20)13(12)9-18/h1-8H,(H,19,20). The molecule has 0 aliphatic carbocycles. The normalized spacial score (nSPS) is 10.3. The lowest BCUT2D eigenvalue weighted by molar-refractivity contribution is 0.628. The van der Waals surface area contributed by atoms with Gasteiger partial charge in [-0.1, -0.05) is 30.4 Å². The van der Waals surface area contributed by atoms with E-state index in [1.807, 2.05) is 23.6 Å². The average Bonchev–Trinajstić information content (AvgIpc) is 3.01. The average molecular weight is 312 g/mol. The molecule has 0 amide bonds. The monoisotopic (exact) mass is 312 g/mol. The highest BCUT2D eigenvalue weighted by Crippen LogP contribution is 2.30. The maximum Gasteiger partial charge on any atom is 0.123 e. The molecule has 2 heterocycles. The van der Waals surface area contributed by atoms with Gasteiger partial charge >= 0.3 is 0 Å². The Bertz CT molecular complexity index is 872. The van der Waals surface area contributed by atoms with Crippen molar-refractivity contribution in [2.24, 2.45) is 0 Å². The molecule has 3 rings (SSSR count). The molecule has 0 unspecified atom stereocenters. The second-order valence-electron chi connectivity index (χ2n) is 4.40. The molecule has 0 saturated carbocycles. The minimum Gasteiger partial charge on any atom is -0.344 e. The summed E-state index contributed by atoms with van der Waals surface area (Å²) in [6.07, 6.45) is 0. The quantitative estimate of drug-likeness (QED) is 0.665. The predicted octanol–water partition coefficient (Wildman–Crippen LogP) is 5.15. The van der Waals surface area contributed by atoms with E-state index in [1.54, 1.807) is 23.5 Å². The number of hydrogen-bond donors (Lipinski definition) is 1. The zero-order chi connectivity index (χ0) is 14.8. The molecule has 3 aromatic rings. The third kappa shape index (κ3) is 2.64. The SMILES string of the molecule is N#Cc1c(-c2ccc(F)cc2)cc(-c2cccs2)[nH]c1=S. The number of pyridine rings is 1. The molecule has 1 N–H and O–H groups in total. The van der Waals surface area contributed by atoms with Crippen molar-refractivity contribution in [2.45, 2.75) is 0 Å². The highest BCUT2D eigenvalue weighted by Gasteiger charge is 2.11. The molecule has 102 valence electrons. The van der Waals surface area contributed by atoms with E-state index < -0.39 is 0 Å². The van der Waals surface area contributed by atoms with Crippen LogP contribution in [-0.2, 0) is 0 Å². The number of thiophene rings is 1. The number of nitrogens with zero attached hydrogens (tertiary/aromatic N) is 1. The van der Waals surface area contributed by atoms with E-state index in [1.165, 1.54) is 12.1 Å². The number of benzene rings is 1. The molecule has 0 bridgehead atoms. The van der Waals surface area contributed by atoms with Gasteiger partial charge in [0.1, 0.15) is 16.5 Å². The third-order valence-corrected chi connectivity index (χ3v) is 4.30. The molecule has 21 heavy (non-hydrogen) atoms. The number of rotatable bonds is 2. The number of nitrogens with one attached hydrogen (secondary N) is 1. The molecule has 0 atom stereocenters. The lowest BCUT2D eigenvalue weighted by atomic mass is 10.0. The molecule has 2 nitrogen and oxygen atoms in total. The molecule has 0 aliphatic rings. The molecular formula is C16H9FN2S2. The summed E-state index contributed by atoms with van der Waals surface area (Å²) in [7, 11) is 0. The molecular weight excluding hydrogens is 303 g/mol. The second kappa shape index (κ2) is 5.60. The van der Waals surface area contributed by atoms with E-state index in [2.05, 4.69) is 11.1 Å². The summed E-state index contributed by atoms with van der Waals surface area (Å²) in [5.41, 5.74) is 2.74. The molecule has 0 saturated heterocycles. The van der Waals surface area contributed by atoms with Crippen molar-refractivity contribution in [1.29, 1.82) is 5.26 Å². The summed E-state index contributed by atoms with van der Waals surface area (Å²) in [5, 5.41) is 11.3. The topological polar surface area (TPSA) is 39.6 Å². The fraction of sp³-hybridized carbons (Fsp3) is 0. The first-order valence-corrected chi connectivity index (χ1v) is 7.45. The number of hydrogen-bond acceptors (Lipinski definition) is 3. The van der Waals surface area contributed by atoms with Crippen molar-refractivity contribution in [3.8, 4) is 27.8 Å². The minimum absolute atomic E-state index is 0.308. The van der Waals surface area contributed by atoms with Gasteiger partial charge in [-0.25, -0.2) is 4.39 Å². The summed E-state index contributed by atoms with van der Waals surface area (Å²) in [6.45, 7) is 0. The Labute approximate surface area is 130 Å². The van der Waals surface area contributed by atoms with Gasteiger partial charge in [0.25, 0.3) is 0 Å². The van der Waals surface area contributed by atoms with Crippen LogP contribution in [0, 0.1) is 21.8 Å². The first-order valence-electron chi connectivity index (χ1n) is 6.16. The van der Waals surface area contributed by atoms with E-state index in [9.17, 15) is 9.65 Å². The number of nitriles is 1. The molecule has 0 aliphatic heterocycles. The third-order valence-electron chi connectivity index (χ3n) is 3.09. The zero-order valence-corrected chi connectivity index (χ0v) is 12.4. The zero-order valence-electron chi connectivity index (χ0n) is 10.8. The van der Waals surface area contributed by atoms with Crippen LogP contribution >= 0.6 is 23.6 Å². The van der Waals surface area contributed by atoms with E-state index >= 15 is 0 Å². The van der Waals surface area contributed by atoms with Crippen LogP contribution in [0.1, 0.15) is 5.56 Å². The van der Waals surface area contributed by atoms with Gasteiger partial charge in [-0.15, -0.1) is 11.3 Å². The Morgan fingerprint density at radius 3 is 2.57 bits per heavy atom. The Morgan fingerprint density at radius 1 is 1.19 bits per heavy atom. The molecule has 0 spiro atoms. The maximum absolute atomic E-state index is 13.1. The Hall–Kier alpha value is -2.29. The van der Waals surface area contributed by atoms with Gasteiger partial charge in [0.05, 0.1) is 16.1 Å². The first kappa shape index (κ1) is 13.7. The van der Waals surface area contributed by atoms with Crippen LogP contribution in [0.15, 0.2) is 47.8 Å². The van der Waals surface area contributed by atoms with Crippen LogP contribution in [0.25, 0.3) is 21.7 Å². The van der Waals surface area contributed by atoms with Crippen LogP contribution in [-0.4, -0.2) is 4.98 Å². The van der Waals surface area contributed by atoms with Crippen molar-refractivity contribution in [1.82, 2.24) is 4.98 Å². The predicted molar refractivity (Wildman–Crippen MR) is 85.0 cm³/mol. The first-order chi connectivity index (χ1) is 10.2. The van der Waals surface area contributed by atoms with Crippen molar-refractivity contribution < 1.29 is 4.39 Å². The van der Waals surface area contributed by atoms with Gasteiger partial charge in [-0.05, 0) is 35.2 Å². The fourth-order valence-electron chi connectivity index (χ4n) is 2.09. The van der Waals surface area contributed by atoms with Crippen molar-refractivity contribution in [3.63, 3.8) is 0 Å². The molecule has 0 fully saturated rings. The van der Waals surface area contributed by atoms with Crippen LogP contribution < -0.4 is 0 Å². The minimum atomic E-state index is -0.308. The summed E-state index contributed by atoms with van der Waals surface area (Å²) < 4.78 is 13.5.